The molecule has 5 nitrogen and oxygen atoms in total. The van der Waals surface area contributed by atoms with Gasteiger partial charge in [0.05, 0.1) is 12.7 Å². The third-order valence-electron chi connectivity index (χ3n) is 1.80. The number of rotatable bonds is 7. The normalized spacial score (nSPS) is 12.6. The number of aliphatic hydroxyl groups is 1. The number of amides is 1. The molecule has 1 atom stereocenters. The highest BCUT2D eigenvalue weighted by Gasteiger charge is 2.08. The molecular weight excluding hydrogens is 184 g/mol. The van der Waals surface area contributed by atoms with Gasteiger partial charge >= 0.3 is 0 Å². The van der Waals surface area contributed by atoms with Gasteiger partial charge in [0.25, 0.3) is 0 Å². The fraction of sp³-hybridized carbons (Fsp3) is 0.889. The van der Waals surface area contributed by atoms with Crippen molar-refractivity contribution in [3.8, 4) is 0 Å². The lowest BCUT2D eigenvalue weighted by atomic mass is 10.3. The molecule has 0 aromatic rings. The number of carbonyl (C=O) groups is 1. The van der Waals surface area contributed by atoms with E-state index in [9.17, 15) is 4.79 Å². The van der Waals surface area contributed by atoms with Gasteiger partial charge in [-0.2, -0.15) is 0 Å². The second kappa shape index (κ2) is 7.73. The van der Waals surface area contributed by atoms with E-state index in [-0.39, 0.29) is 18.6 Å². The summed E-state index contributed by atoms with van der Waals surface area (Å²) in [6.45, 7) is 3.12. The largest absolute Gasteiger partial charge is 0.393 e. The lowest BCUT2D eigenvalue weighted by Crippen LogP contribution is -2.33. The number of nitrogens with two attached hydrogens (primary N) is 1. The highest BCUT2D eigenvalue weighted by Crippen LogP contribution is 1.94. The zero-order valence-corrected chi connectivity index (χ0v) is 8.90. The minimum Gasteiger partial charge on any atom is -0.393 e. The van der Waals surface area contributed by atoms with Gasteiger partial charge in [0.1, 0.15) is 6.61 Å². The predicted molar refractivity (Wildman–Crippen MR) is 53.8 cm³/mol. The number of hydrogen-bond acceptors (Lipinski definition) is 4. The first-order chi connectivity index (χ1) is 6.57. The van der Waals surface area contributed by atoms with Crippen molar-refractivity contribution in [2.45, 2.75) is 19.4 Å². The Hall–Kier alpha value is -0.650. The van der Waals surface area contributed by atoms with Gasteiger partial charge < -0.3 is 20.5 Å². The second-order valence-corrected chi connectivity index (χ2v) is 3.29. The average Bonchev–Trinajstić information content (AvgIpc) is 2.14. The Morgan fingerprint density at radius 2 is 2.29 bits per heavy atom. The standard InChI is InChI=1S/C9H20N2O3/c1-8(12)3-5-11(2)9(13)7-14-6-4-10/h8,12H,3-7,10H2,1-2H3. The Kier molecular flexibility index (Phi) is 7.37. The van der Waals surface area contributed by atoms with Gasteiger partial charge in [-0.3, -0.25) is 4.79 Å². The molecule has 0 aliphatic carbocycles. The lowest BCUT2D eigenvalue weighted by molar-refractivity contribution is -0.134. The quantitative estimate of drug-likeness (QED) is 0.532. The molecule has 0 aromatic heterocycles. The molecule has 0 bridgehead atoms. The Labute approximate surface area is 84.8 Å². The van der Waals surface area contributed by atoms with Crippen LogP contribution < -0.4 is 5.73 Å². The molecule has 0 rings (SSSR count). The molecule has 14 heavy (non-hydrogen) atoms. The van der Waals surface area contributed by atoms with Crippen LogP contribution in [-0.4, -0.2) is 55.4 Å². The fourth-order valence-corrected chi connectivity index (χ4v) is 0.858. The summed E-state index contributed by atoms with van der Waals surface area (Å²) in [4.78, 5) is 12.9. The van der Waals surface area contributed by atoms with E-state index in [0.29, 0.717) is 26.1 Å². The van der Waals surface area contributed by atoms with E-state index in [1.54, 1.807) is 18.9 Å². The topological polar surface area (TPSA) is 75.8 Å². The number of ether oxygens (including phenoxy) is 1. The highest BCUT2D eigenvalue weighted by molar-refractivity contribution is 5.77. The van der Waals surface area contributed by atoms with E-state index in [0.717, 1.165) is 0 Å². The zero-order valence-electron chi connectivity index (χ0n) is 8.90. The van der Waals surface area contributed by atoms with Crippen LogP contribution in [0.2, 0.25) is 0 Å². The zero-order chi connectivity index (χ0) is 11.0. The minimum absolute atomic E-state index is 0.0630. The Morgan fingerprint density at radius 3 is 2.79 bits per heavy atom. The maximum absolute atomic E-state index is 11.3. The van der Waals surface area contributed by atoms with Crippen LogP contribution in [0, 0.1) is 0 Å². The number of hydrogen-bond donors (Lipinski definition) is 2. The van der Waals surface area contributed by atoms with Crippen molar-refractivity contribution in [1.82, 2.24) is 4.90 Å². The summed E-state index contributed by atoms with van der Waals surface area (Å²) < 4.78 is 4.99. The Bertz CT molecular complexity index is 162. The van der Waals surface area contributed by atoms with Gasteiger partial charge in [-0.05, 0) is 13.3 Å². The van der Waals surface area contributed by atoms with Crippen LogP contribution in [0.3, 0.4) is 0 Å². The van der Waals surface area contributed by atoms with Crippen LogP contribution in [0.15, 0.2) is 0 Å². The van der Waals surface area contributed by atoms with Gasteiger partial charge in [0, 0.05) is 20.1 Å². The van der Waals surface area contributed by atoms with Crippen molar-refractivity contribution in [3.63, 3.8) is 0 Å². The lowest BCUT2D eigenvalue weighted by Gasteiger charge is -2.17. The molecule has 0 aromatic carbocycles. The van der Waals surface area contributed by atoms with Crippen LogP contribution in [-0.2, 0) is 9.53 Å². The Balaban J connectivity index is 3.54. The molecule has 0 radical (unpaired) electrons. The summed E-state index contributed by atoms with van der Waals surface area (Å²) in [5, 5.41) is 9.01. The molecule has 0 aliphatic heterocycles. The van der Waals surface area contributed by atoms with Crippen molar-refractivity contribution in [2.24, 2.45) is 5.73 Å². The van der Waals surface area contributed by atoms with Crippen molar-refractivity contribution in [3.05, 3.63) is 0 Å². The van der Waals surface area contributed by atoms with Crippen LogP contribution in [0.1, 0.15) is 13.3 Å². The molecule has 0 heterocycles. The molecule has 3 N–H and O–H groups in total. The average molecular weight is 204 g/mol. The summed E-state index contributed by atoms with van der Waals surface area (Å²) in [6, 6.07) is 0. The smallest absolute Gasteiger partial charge is 0.248 e. The number of nitrogens with zero attached hydrogens (tertiary/aromatic N) is 1. The molecule has 0 fully saturated rings. The number of likely N-dealkylation sites (N-methyl/N-ethyl adjacent to an activating group) is 1. The number of aliphatic hydroxyl groups excluding tert-OH is 1. The van der Waals surface area contributed by atoms with Gasteiger partial charge in [0.2, 0.25) is 5.91 Å². The van der Waals surface area contributed by atoms with Crippen molar-refractivity contribution in [1.29, 1.82) is 0 Å². The number of carbonyl (C=O) groups excluding carboxylic acids is 1. The SMILES string of the molecule is CC(O)CCN(C)C(=O)COCCN. The molecule has 84 valence electrons. The molecule has 0 saturated carbocycles. The molecular formula is C9H20N2O3. The maximum atomic E-state index is 11.3. The molecule has 1 amide bonds. The summed E-state index contributed by atoms with van der Waals surface area (Å²) >= 11 is 0. The molecule has 0 saturated heterocycles. The van der Waals surface area contributed by atoms with Crippen LogP contribution in [0.25, 0.3) is 0 Å². The first-order valence-electron chi connectivity index (χ1n) is 4.77. The van der Waals surface area contributed by atoms with Gasteiger partial charge in [-0.1, -0.05) is 0 Å². The van der Waals surface area contributed by atoms with Crippen molar-refractivity contribution >= 4 is 5.91 Å². The predicted octanol–water partition coefficient (Wildman–Crippen LogP) is -0.809. The van der Waals surface area contributed by atoms with E-state index in [1.807, 2.05) is 0 Å². The van der Waals surface area contributed by atoms with Crippen LogP contribution >= 0.6 is 0 Å². The van der Waals surface area contributed by atoms with Gasteiger partial charge in [-0.15, -0.1) is 0 Å². The third-order valence-corrected chi connectivity index (χ3v) is 1.80. The van der Waals surface area contributed by atoms with E-state index in [4.69, 9.17) is 15.6 Å². The molecule has 5 heteroatoms. The molecule has 0 spiro atoms. The second-order valence-electron chi connectivity index (χ2n) is 3.29. The van der Waals surface area contributed by atoms with Crippen LogP contribution in [0.5, 0.6) is 0 Å². The Morgan fingerprint density at radius 1 is 1.64 bits per heavy atom. The summed E-state index contributed by atoms with van der Waals surface area (Å²) in [7, 11) is 1.69. The molecule has 0 aliphatic rings. The molecule has 1 unspecified atom stereocenters. The van der Waals surface area contributed by atoms with Crippen LogP contribution in [0.4, 0.5) is 0 Å². The summed E-state index contributed by atoms with van der Waals surface area (Å²) in [5.74, 6) is -0.0842. The van der Waals surface area contributed by atoms with E-state index < -0.39 is 0 Å². The fourth-order valence-electron chi connectivity index (χ4n) is 0.858. The first kappa shape index (κ1) is 13.4. The first-order valence-corrected chi connectivity index (χ1v) is 4.77. The van der Waals surface area contributed by atoms with E-state index in [1.165, 1.54) is 0 Å². The summed E-state index contributed by atoms with van der Waals surface area (Å²) in [6.07, 6.45) is 0.203. The monoisotopic (exact) mass is 204 g/mol. The maximum Gasteiger partial charge on any atom is 0.248 e. The van der Waals surface area contributed by atoms with Gasteiger partial charge in [0.15, 0.2) is 0 Å². The summed E-state index contributed by atoms with van der Waals surface area (Å²) in [5.41, 5.74) is 5.21. The van der Waals surface area contributed by atoms with E-state index in [2.05, 4.69) is 0 Å². The third kappa shape index (κ3) is 6.82. The highest BCUT2D eigenvalue weighted by atomic mass is 16.5. The van der Waals surface area contributed by atoms with E-state index >= 15 is 0 Å². The minimum atomic E-state index is -0.379. The van der Waals surface area contributed by atoms with Crippen molar-refractivity contribution in [2.75, 3.05) is 33.4 Å². The van der Waals surface area contributed by atoms with Crippen molar-refractivity contribution < 1.29 is 14.6 Å². The van der Waals surface area contributed by atoms with Gasteiger partial charge in [-0.25, -0.2) is 0 Å².